The number of hydrogen-bond acceptors (Lipinski definition) is 14. The van der Waals surface area contributed by atoms with Gasteiger partial charge < -0.3 is 45.7 Å². The number of aliphatic hydroxyl groups excluding tert-OH is 4. The molecule has 1 fully saturated rings. The fraction of sp³-hybridized carbons (Fsp3) is 0.833. The lowest BCUT2D eigenvalue weighted by molar-refractivity contribution is -0.284. The number of esters is 2. The second kappa shape index (κ2) is 22.3. The highest BCUT2D eigenvalue weighted by molar-refractivity contribution is 7.99. The van der Waals surface area contributed by atoms with Crippen molar-refractivity contribution < 1.29 is 49.0 Å². The Labute approximate surface area is 274 Å². The molecular formula is C30H53N5O10S. The normalized spacial score (nSPS) is 22.6. The van der Waals surface area contributed by atoms with Crippen molar-refractivity contribution in [2.24, 2.45) is 5.73 Å². The summed E-state index contributed by atoms with van der Waals surface area (Å²) < 4.78 is 17.4. The van der Waals surface area contributed by atoms with Gasteiger partial charge in [-0.05, 0) is 12.8 Å². The zero-order valence-electron chi connectivity index (χ0n) is 27.0. The monoisotopic (exact) mass is 675 g/mol. The van der Waals surface area contributed by atoms with Gasteiger partial charge in [0, 0.05) is 24.3 Å². The van der Waals surface area contributed by atoms with Crippen LogP contribution >= 0.6 is 11.8 Å². The van der Waals surface area contributed by atoms with Crippen LogP contribution in [0.5, 0.6) is 0 Å². The molecule has 7 atom stereocenters. The van der Waals surface area contributed by atoms with E-state index in [0.717, 1.165) is 64.2 Å². The third kappa shape index (κ3) is 15.0. The first-order chi connectivity index (χ1) is 22.0. The molecule has 1 aliphatic heterocycles. The second-order valence-corrected chi connectivity index (χ2v) is 12.7. The molecule has 1 saturated heterocycles. The number of carbonyl (C=O) groups excluding carboxylic acids is 3. The molecule has 264 valence electrons. The zero-order chi connectivity index (χ0) is 33.9. The molecule has 15 nitrogen and oxygen atoms in total. The van der Waals surface area contributed by atoms with Crippen LogP contribution in [0.25, 0.3) is 0 Å². The van der Waals surface area contributed by atoms with E-state index in [9.17, 15) is 34.8 Å². The summed E-state index contributed by atoms with van der Waals surface area (Å²) in [5.41, 5.74) is 6.07. The summed E-state index contributed by atoms with van der Waals surface area (Å²) in [4.78, 5) is 37.4. The SMILES string of the molecule is CCCCCCCC(=O)OC[C@H](CSC[C@@H](N)C(=O)Nc1cn(CC2OC(O)C(O)C(O)C2O)nn1)OC(=O)CCCCCCC. The Morgan fingerprint density at radius 1 is 0.935 bits per heavy atom. The van der Waals surface area contributed by atoms with E-state index >= 15 is 0 Å². The summed E-state index contributed by atoms with van der Waals surface area (Å²) in [5.74, 6) is -0.702. The molecule has 1 aromatic heterocycles. The van der Waals surface area contributed by atoms with E-state index in [-0.39, 0.29) is 48.8 Å². The summed E-state index contributed by atoms with van der Waals surface area (Å²) in [6.07, 6.45) is 3.75. The molecule has 0 spiro atoms. The van der Waals surface area contributed by atoms with Gasteiger partial charge in [0.25, 0.3) is 0 Å². The number of nitrogens with two attached hydrogens (primary N) is 1. The molecule has 7 N–H and O–H groups in total. The Hall–Kier alpha value is -2.34. The fourth-order valence-electron chi connectivity index (χ4n) is 4.70. The molecule has 5 unspecified atom stereocenters. The standard InChI is InChI=1S/C30H53N5O10S/c1-3-5-7-9-11-13-24(36)43-17-20(44-25(37)14-12-10-8-6-4-2)18-46-19-21(31)29(41)32-23-16-35(34-33-23)15-22-26(38)27(39)28(40)30(42)45-22/h16,20-22,26-28,30,38-40,42H,3-15,17-19,31H2,1-2H3,(H,32,41)/t20-,21-,22?,26?,27?,28?,30?/m1/s1. The van der Waals surface area contributed by atoms with Gasteiger partial charge in [-0.25, -0.2) is 4.68 Å². The van der Waals surface area contributed by atoms with Gasteiger partial charge in [0.1, 0.15) is 37.1 Å². The predicted molar refractivity (Wildman–Crippen MR) is 170 cm³/mol. The number of ether oxygens (including phenoxy) is 3. The number of unbranched alkanes of at least 4 members (excludes halogenated alkanes) is 8. The number of rotatable bonds is 23. The van der Waals surface area contributed by atoms with Crippen molar-refractivity contribution in [2.45, 2.75) is 140 Å². The largest absolute Gasteiger partial charge is 0.462 e. The Balaban J connectivity index is 1.81. The summed E-state index contributed by atoms with van der Waals surface area (Å²) >= 11 is 1.29. The summed E-state index contributed by atoms with van der Waals surface area (Å²) in [6, 6.07) is -0.953. The van der Waals surface area contributed by atoms with Crippen LogP contribution in [0.2, 0.25) is 0 Å². The first-order valence-corrected chi connectivity index (χ1v) is 17.5. The van der Waals surface area contributed by atoms with Crippen LogP contribution in [0.4, 0.5) is 5.82 Å². The van der Waals surface area contributed by atoms with Gasteiger partial charge >= 0.3 is 11.9 Å². The zero-order valence-corrected chi connectivity index (χ0v) is 27.8. The van der Waals surface area contributed by atoms with Crippen molar-refractivity contribution in [2.75, 3.05) is 23.4 Å². The number of nitrogens with zero attached hydrogens (tertiary/aromatic N) is 3. The number of aliphatic hydroxyl groups is 4. The van der Waals surface area contributed by atoms with E-state index in [1.165, 1.54) is 22.6 Å². The third-order valence-corrected chi connectivity index (χ3v) is 8.68. The summed E-state index contributed by atoms with van der Waals surface area (Å²) in [5, 5.41) is 49.5. The van der Waals surface area contributed by atoms with Gasteiger partial charge in [-0.15, -0.1) is 5.10 Å². The molecule has 2 rings (SSSR count). The number of amides is 1. The highest BCUT2D eigenvalue weighted by Crippen LogP contribution is 2.21. The molecule has 1 aromatic rings. The van der Waals surface area contributed by atoms with Gasteiger partial charge in [-0.1, -0.05) is 70.4 Å². The average Bonchev–Trinajstić information content (AvgIpc) is 3.47. The minimum absolute atomic E-state index is 0.0701. The smallest absolute Gasteiger partial charge is 0.306 e. The number of hydrogen-bond donors (Lipinski definition) is 6. The van der Waals surface area contributed by atoms with Gasteiger partial charge in [0.15, 0.2) is 12.1 Å². The number of aromatic nitrogens is 3. The van der Waals surface area contributed by atoms with Crippen molar-refractivity contribution in [3.8, 4) is 0 Å². The van der Waals surface area contributed by atoms with Crippen LogP contribution in [0.1, 0.15) is 90.9 Å². The molecule has 0 radical (unpaired) electrons. The van der Waals surface area contributed by atoms with E-state index in [1.807, 2.05) is 0 Å². The molecule has 0 saturated carbocycles. The maximum atomic E-state index is 12.7. The van der Waals surface area contributed by atoms with Gasteiger partial charge in [0.2, 0.25) is 5.91 Å². The van der Waals surface area contributed by atoms with Gasteiger partial charge in [0.05, 0.1) is 18.8 Å². The molecule has 0 aromatic carbocycles. The number of carbonyl (C=O) groups is 3. The van der Waals surface area contributed by atoms with Crippen LogP contribution in [-0.4, -0.2) is 114 Å². The van der Waals surface area contributed by atoms with Crippen molar-refractivity contribution in [3.05, 3.63) is 6.20 Å². The van der Waals surface area contributed by atoms with Crippen molar-refractivity contribution >= 4 is 35.4 Å². The number of nitrogens with one attached hydrogen (secondary N) is 1. The van der Waals surface area contributed by atoms with Crippen LogP contribution in [0.15, 0.2) is 6.20 Å². The topological polar surface area (TPSA) is 229 Å². The lowest BCUT2D eigenvalue weighted by Crippen LogP contribution is -2.58. The van der Waals surface area contributed by atoms with Gasteiger partial charge in [-0.2, -0.15) is 11.8 Å². The molecular weight excluding hydrogens is 622 g/mol. The molecule has 1 aliphatic rings. The summed E-state index contributed by atoms with van der Waals surface area (Å²) in [7, 11) is 0. The van der Waals surface area contributed by atoms with E-state index in [1.54, 1.807) is 0 Å². The molecule has 0 aliphatic carbocycles. The fourth-order valence-corrected chi connectivity index (χ4v) is 5.67. The Morgan fingerprint density at radius 3 is 2.22 bits per heavy atom. The lowest BCUT2D eigenvalue weighted by atomic mass is 9.99. The number of anilines is 1. The first-order valence-electron chi connectivity index (χ1n) is 16.3. The van der Waals surface area contributed by atoms with Crippen LogP contribution in [-0.2, 0) is 35.1 Å². The minimum atomic E-state index is -1.69. The third-order valence-electron chi connectivity index (χ3n) is 7.48. The highest BCUT2D eigenvalue weighted by atomic mass is 32.2. The maximum absolute atomic E-state index is 12.7. The Morgan fingerprint density at radius 2 is 1.57 bits per heavy atom. The van der Waals surface area contributed by atoms with E-state index in [0.29, 0.717) is 6.42 Å². The quantitative estimate of drug-likeness (QED) is 0.0709. The molecule has 16 heteroatoms. The second-order valence-electron chi connectivity index (χ2n) is 11.6. The molecule has 46 heavy (non-hydrogen) atoms. The van der Waals surface area contributed by atoms with Crippen LogP contribution in [0, 0.1) is 0 Å². The Bertz CT molecular complexity index is 1030. The van der Waals surface area contributed by atoms with E-state index in [2.05, 4.69) is 29.5 Å². The van der Waals surface area contributed by atoms with Crippen LogP contribution < -0.4 is 11.1 Å². The lowest BCUT2D eigenvalue weighted by Gasteiger charge is -2.38. The summed E-state index contributed by atoms with van der Waals surface area (Å²) in [6.45, 7) is 4.05. The average molecular weight is 676 g/mol. The van der Waals surface area contributed by atoms with Crippen molar-refractivity contribution in [3.63, 3.8) is 0 Å². The Kier molecular flexibility index (Phi) is 19.3. The molecule has 0 bridgehead atoms. The number of thioether (sulfide) groups is 1. The molecule has 1 amide bonds. The van der Waals surface area contributed by atoms with E-state index < -0.39 is 48.8 Å². The van der Waals surface area contributed by atoms with Gasteiger partial charge in [-0.3, -0.25) is 14.4 Å². The maximum Gasteiger partial charge on any atom is 0.306 e. The van der Waals surface area contributed by atoms with Crippen molar-refractivity contribution in [1.82, 2.24) is 15.0 Å². The van der Waals surface area contributed by atoms with E-state index in [4.69, 9.17) is 19.9 Å². The highest BCUT2D eigenvalue weighted by Gasteiger charge is 2.43. The van der Waals surface area contributed by atoms with Crippen molar-refractivity contribution in [1.29, 1.82) is 0 Å². The van der Waals surface area contributed by atoms with Crippen LogP contribution in [0.3, 0.4) is 0 Å². The first kappa shape index (κ1) is 39.8. The minimum Gasteiger partial charge on any atom is -0.462 e. The predicted octanol–water partition coefficient (Wildman–Crippen LogP) is 1.25. The molecule has 2 heterocycles.